The number of rotatable bonds is 1. The Bertz CT molecular complexity index is 369. The van der Waals surface area contributed by atoms with Crippen molar-refractivity contribution in [1.29, 1.82) is 0 Å². The normalized spacial score (nSPS) is 18.9. The molecule has 0 saturated carbocycles. The number of aliphatic imine (C=N–C) groups is 1. The molecule has 1 aliphatic rings. The fraction of sp³-hybridized carbons (Fsp3) is 0.222. The van der Waals surface area contributed by atoms with E-state index in [2.05, 4.69) is 20.9 Å². The van der Waals surface area contributed by atoms with Gasteiger partial charge in [0.25, 0.3) is 0 Å². The van der Waals surface area contributed by atoms with Crippen molar-refractivity contribution >= 4 is 22.0 Å². The lowest BCUT2D eigenvalue weighted by Crippen LogP contribution is -2.15. The lowest BCUT2D eigenvalue weighted by molar-refractivity contribution is 0.550. The van der Waals surface area contributed by atoms with Gasteiger partial charge in [0, 0.05) is 10.9 Å². The van der Waals surface area contributed by atoms with Crippen LogP contribution in [0, 0.1) is 0 Å². The third kappa shape index (κ3) is 1.02. The lowest BCUT2D eigenvalue weighted by Gasteiger charge is -2.26. The zero-order valence-electron chi connectivity index (χ0n) is 6.25. The van der Waals surface area contributed by atoms with Crippen molar-refractivity contribution in [3.8, 4) is 0 Å². The minimum Gasteiger partial charge on any atom is -0.211 e. The van der Waals surface area contributed by atoms with Gasteiger partial charge in [0.1, 0.15) is 0 Å². The molecule has 12 heavy (non-hydrogen) atoms. The molecule has 0 spiro atoms. The van der Waals surface area contributed by atoms with Crippen molar-refractivity contribution in [3.05, 3.63) is 33.8 Å². The molecule has 2 nitrogen and oxygen atoms in total. The monoisotopic (exact) mass is 223 g/mol. The maximum atomic E-state index is 10.00. The van der Waals surface area contributed by atoms with Crippen LogP contribution < -0.4 is 0 Å². The van der Waals surface area contributed by atoms with E-state index < -0.39 is 0 Å². The molecule has 0 bridgehead atoms. The van der Waals surface area contributed by atoms with Gasteiger partial charge in [-0.15, -0.1) is 0 Å². The Hall–Kier alpha value is -0.920. The Morgan fingerprint density at radius 3 is 3.17 bits per heavy atom. The molecule has 3 heteroatoms. The van der Waals surface area contributed by atoms with Crippen molar-refractivity contribution in [3.63, 3.8) is 0 Å². The summed E-state index contributed by atoms with van der Waals surface area (Å²) in [6.07, 6.45) is 2.44. The molecule has 0 amide bonds. The lowest BCUT2D eigenvalue weighted by atomic mass is 9.84. The second kappa shape index (κ2) is 2.85. The van der Waals surface area contributed by atoms with Crippen LogP contribution in [-0.2, 0) is 11.2 Å². The molecule has 1 aliphatic carbocycles. The van der Waals surface area contributed by atoms with Crippen molar-refractivity contribution in [2.45, 2.75) is 12.5 Å². The zero-order valence-corrected chi connectivity index (χ0v) is 7.84. The molecule has 1 aromatic rings. The molecule has 1 atom stereocenters. The van der Waals surface area contributed by atoms with Crippen LogP contribution in [0.1, 0.15) is 17.2 Å². The van der Waals surface area contributed by atoms with E-state index in [4.69, 9.17) is 0 Å². The maximum Gasteiger partial charge on any atom is 0.235 e. The number of isocyanates is 1. The summed E-state index contributed by atoms with van der Waals surface area (Å²) in [5, 5.41) is 0. The largest absolute Gasteiger partial charge is 0.235 e. The molecule has 2 rings (SSSR count). The standard InChI is InChI=1S/C9H6BrNO/c10-8-3-1-2-6-7(8)4-9(6)11-5-12/h1-3,9H,4H2. The van der Waals surface area contributed by atoms with Crippen LogP contribution in [0.3, 0.4) is 0 Å². The van der Waals surface area contributed by atoms with Crippen LogP contribution in [-0.4, -0.2) is 6.08 Å². The van der Waals surface area contributed by atoms with Gasteiger partial charge in [0.2, 0.25) is 6.08 Å². The van der Waals surface area contributed by atoms with E-state index in [-0.39, 0.29) is 6.04 Å². The van der Waals surface area contributed by atoms with Crippen LogP contribution in [0.5, 0.6) is 0 Å². The number of fused-ring (bicyclic) bond motifs is 1. The second-order valence-corrected chi connectivity index (χ2v) is 3.60. The third-order valence-corrected chi connectivity index (χ3v) is 2.86. The van der Waals surface area contributed by atoms with E-state index >= 15 is 0 Å². The highest BCUT2D eigenvalue weighted by atomic mass is 79.9. The summed E-state index contributed by atoms with van der Waals surface area (Å²) < 4.78 is 1.11. The molecule has 0 radical (unpaired) electrons. The predicted molar refractivity (Wildman–Crippen MR) is 48.7 cm³/mol. The van der Waals surface area contributed by atoms with E-state index in [1.54, 1.807) is 6.08 Å². The van der Waals surface area contributed by atoms with Crippen molar-refractivity contribution < 1.29 is 4.79 Å². The Morgan fingerprint density at radius 1 is 1.58 bits per heavy atom. The molecular formula is C9H6BrNO. The minimum absolute atomic E-state index is 0.0509. The first-order chi connectivity index (χ1) is 5.83. The molecule has 0 aromatic heterocycles. The van der Waals surface area contributed by atoms with Gasteiger partial charge in [-0.2, -0.15) is 4.99 Å². The molecule has 60 valence electrons. The van der Waals surface area contributed by atoms with Crippen LogP contribution in [0.15, 0.2) is 27.7 Å². The zero-order chi connectivity index (χ0) is 8.55. The first-order valence-electron chi connectivity index (χ1n) is 3.67. The molecule has 0 aliphatic heterocycles. The third-order valence-electron chi connectivity index (χ3n) is 2.12. The summed E-state index contributed by atoms with van der Waals surface area (Å²) in [6, 6.07) is 6.00. The summed E-state index contributed by atoms with van der Waals surface area (Å²) in [5.41, 5.74) is 2.41. The molecular weight excluding hydrogens is 218 g/mol. The van der Waals surface area contributed by atoms with Crippen molar-refractivity contribution in [1.82, 2.24) is 0 Å². The van der Waals surface area contributed by atoms with Gasteiger partial charge in [-0.05, 0) is 17.2 Å². The molecule has 1 aromatic carbocycles. The molecule has 1 unspecified atom stereocenters. The summed E-state index contributed by atoms with van der Waals surface area (Å²) in [5.74, 6) is 0. The summed E-state index contributed by atoms with van der Waals surface area (Å²) >= 11 is 3.44. The Balaban J connectivity index is 2.42. The number of carbonyl (C=O) groups excluding carboxylic acids is 1. The topological polar surface area (TPSA) is 29.4 Å². The number of hydrogen-bond acceptors (Lipinski definition) is 2. The first kappa shape index (κ1) is 7.71. The fourth-order valence-electron chi connectivity index (χ4n) is 1.45. The number of hydrogen-bond donors (Lipinski definition) is 0. The highest BCUT2D eigenvalue weighted by molar-refractivity contribution is 9.10. The SMILES string of the molecule is O=C=NC1Cc2c(Br)cccc21. The Kier molecular flexibility index (Phi) is 1.83. The number of nitrogens with zero attached hydrogens (tertiary/aromatic N) is 1. The molecule has 0 fully saturated rings. The van der Waals surface area contributed by atoms with Gasteiger partial charge in [-0.25, -0.2) is 4.79 Å². The van der Waals surface area contributed by atoms with E-state index in [1.807, 2.05) is 18.2 Å². The Labute approximate surface area is 78.4 Å². The molecule has 0 N–H and O–H groups in total. The van der Waals surface area contributed by atoms with Crippen LogP contribution in [0.4, 0.5) is 0 Å². The average Bonchev–Trinajstić information content (AvgIpc) is 2.04. The average molecular weight is 224 g/mol. The number of benzene rings is 1. The minimum atomic E-state index is 0.0509. The highest BCUT2D eigenvalue weighted by Crippen LogP contribution is 2.39. The summed E-state index contributed by atoms with van der Waals surface area (Å²) in [4.78, 5) is 13.7. The smallest absolute Gasteiger partial charge is 0.211 e. The van der Waals surface area contributed by atoms with Crippen LogP contribution in [0.2, 0.25) is 0 Å². The van der Waals surface area contributed by atoms with Gasteiger partial charge in [-0.1, -0.05) is 28.1 Å². The van der Waals surface area contributed by atoms with Crippen LogP contribution in [0.25, 0.3) is 0 Å². The van der Waals surface area contributed by atoms with Gasteiger partial charge < -0.3 is 0 Å². The van der Waals surface area contributed by atoms with E-state index in [0.717, 1.165) is 16.5 Å². The van der Waals surface area contributed by atoms with Gasteiger partial charge in [0.15, 0.2) is 0 Å². The van der Waals surface area contributed by atoms with Gasteiger partial charge >= 0.3 is 0 Å². The van der Waals surface area contributed by atoms with Gasteiger partial charge in [0.05, 0.1) is 6.04 Å². The summed E-state index contributed by atoms with van der Waals surface area (Å²) in [7, 11) is 0. The first-order valence-corrected chi connectivity index (χ1v) is 4.46. The quantitative estimate of drug-likeness (QED) is 0.531. The molecule has 0 heterocycles. The number of halogens is 1. The molecule has 0 saturated heterocycles. The van der Waals surface area contributed by atoms with Crippen molar-refractivity contribution in [2.24, 2.45) is 4.99 Å². The predicted octanol–water partition coefficient (Wildman–Crippen LogP) is 2.38. The van der Waals surface area contributed by atoms with E-state index in [1.165, 1.54) is 5.56 Å². The maximum absolute atomic E-state index is 10.00. The fourth-order valence-corrected chi connectivity index (χ4v) is 2.00. The van der Waals surface area contributed by atoms with E-state index in [0.29, 0.717) is 0 Å². The van der Waals surface area contributed by atoms with Crippen molar-refractivity contribution in [2.75, 3.05) is 0 Å². The second-order valence-electron chi connectivity index (χ2n) is 2.75. The van der Waals surface area contributed by atoms with E-state index in [9.17, 15) is 4.79 Å². The highest BCUT2D eigenvalue weighted by Gasteiger charge is 2.27. The van der Waals surface area contributed by atoms with Gasteiger partial charge in [-0.3, -0.25) is 0 Å². The summed E-state index contributed by atoms with van der Waals surface area (Å²) in [6.45, 7) is 0. The Morgan fingerprint density at radius 2 is 2.42 bits per heavy atom. The van der Waals surface area contributed by atoms with Crippen LogP contribution >= 0.6 is 15.9 Å².